The number of hydrogen-bond donors (Lipinski definition) is 1. The largest absolute Gasteiger partial charge is 0.334 e. The topological polar surface area (TPSA) is 32.3 Å². The van der Waals surface area contributed by atoms with E-state index in [1.54, 1.807) is 6.07 Å². The van der Waals surface area contributed by atoms with E-state index in [-0.39, 0.29) is 17.5 Å². The van der Waals surface area contributed by atoms with Crippen LogP contribution in [0.25, 0.3) is 0 Å². The normalized spacial score (nSPS) is 22.0. The van der Waals surface area contributed by atoms with Crippen LogP contribution >= 0.6 is 11.6 Å². The first-order valence-electron chi connectivity index (χ1n) is 7.14. The highest BCUT2D eigenvalue weighted by Gasteiger charge is 2.35. The minimum Gasteiger partial charge on any atom is -0.334 e. The molecule has 1 heterocycles. The number of carbonyl (C=O) groups excluding carboxylic acids is 1. The molecular weight excluding hydrogens is 279 g/mol. The molecule has 20 heavy (non-hydrogen) atoms. The number of hydrogen-bond acceptors (Lipinski definition) is 2. The van der Waals surface area contributed by atoms with Crippen LogP contribution in [0.5, 0.6) is 0 Å². The van der Waals surface area contributed by atoms with Crippen molar-refractivity contribution < 1.29 is 9.18 Å². The van der Waals surface area contributed by atoms with Crippen LogP contribution in [0, 0.1) is 5.82 Å². The van der Waals surface area contributed by atoms with Crippen molar-refractivity contribution in [2.45, 2.75) is 37.8 Å². The lowest BCUT2D eigenvalue weighted by atomic mass is 10.1. The zero-order chi connectivity index (χ0) is 14.1. The van der Waals surface area contributed by atoms with Crippen LogP contribution in [-0.4, -0.2) is 36.0 Å². The molecule has 2 aliphatic rings. The summed E-state index contributed by atoms with van der Waals surface area (Å²) < 4.78 is 13.9. The second-order valence-corrected chi connectivity index (χ2v) is 6.04. The van der Waals surface area contributed by atoms with Crippen molar-refractivity contribution in [1.29, 1.82) is 0 Å². The van der Waals surface area contributed by atoms with Gasteiger partial charge in [0.05, 0.1) is 5.56 Å². The van der Waals surface area contributed by atoms with Gasteiger partial charge in [-0.25, -0.2) is 4.39 Å². The zero-order valence-electron chi connectivity index (χ0n) is 11.2. The van der Waals surface area contributed by atoms with Gasteiger partial charge in [-0.15, -0.1) is 0 Å². The second kappa shape index (κ2) is 5.70. The van der Waals surface area contributed by atoms with E-state index in [4.69, 9.17) is 11.6 Å². The summed E-state index contributed by atoms with van der Waals surface area (Å²) in [7, 11) is 0. The number of amides is 1. The highest BCUT2D eigenvalue weighted by molar-refractivity contribution is 6.30. The van der Waals surface area contributed by atoms with Gasteiger partial charge in [0.25, 0.3) is 5.91 Å². The number of benzene rings is 1. The Bertz CT molecular complexity index is 513. The Labute approximate surface area is 123 Å². The summed E-state index contributed by atoms with van der Waals surface area (Å²) in [6.07, 6.45) is 4.27. The van der Waals surface area contributed by atoms with Crippen LogP contribution in [0.1, 0.15) is 36.0 Å². The highest BCUT2D eigenvalue weighted by atomic mass is 35.5. The Hall–Kier alpha value is -1.13. The van der Waals surface area contributed by atoms with Crippen LogP contribution < -0.4 is 5.32 Å². The van der Waals surface area contributed by atoms with Crippen molar-refractivity contribution in [2.24, 2.45) is 0 Å². The number of nitrogens with one attached hydrogen (secondary N) is 1. The fourth-order valence-electron chi connectivity index (χ4n) is 2.75. The lowest BCUT2D eigenvalue weighted by molar-refractivity contribution is 0.0724. The van der Waals surface area contributed by atoms with E-state index in [1.165, 1.54) is 12.1 Å². The number of carbonyl (C=O) groups is 1. The van der Waals surface area contributed by atoms with Crippen molar-refractivity contribution in [1.82, 2.24) is 10.2 Å². The Morgan fingerprint density at radius 2 is 2.20 bits per heavy atom. The molecule has 3 rings (SSSR count). The molecule has 0 bridgehead atoms. The van der Waals surface area contributed by atoms with Crippen LogP contribution in [0.2, 0.25) is 5.02 Å². The molecule has 5 heteroatoms. The first-order chi connectivity index (χ1) is 9.65. The van der Waals surface area contributed by atoms with E-state index in [9.17, 15) is 9.18 Å². The summed E-state index contributed by atoms with van der Waals surface area (Å²) >= 11 is 5.74. The quantitative estimate of drug-likeness (QED) is 0.926. The van der Waals surface area contributed by atoms with Gasteiger partial charge < -0.3 is 10.2 Å². The maximum absolute atomic E-state index is 13.9. The van der Waals surface area contributed by atoms with Gasteiger partial charge in [0.15, 0.2) is 0 Å². The maximum atomic E-state index is 13.9. The van der Waals surface area contributed by atoms with Gasteiger partial charge in [-0.3, -0.25) is 4.79 Å². The molecule has 1 saturated carbocycles. The Kier molecular flexibility index (Phi) is 3.94. The Morgan fingerprint density at radius 3 is 2.80 bits per heavy atom. The lowest BCUT2D eigenvalue weighted by Gasteiger charge is -2.26. The predicted molar refractivity (Wildman–Crippen MR) is 76.5 cm³/mol. The maximum Gasteiger partial charge on any atom is 0.257 e. The Morgan fingerprint density at radius 1 is 1.40 bits per heavy atom. The minimum atomic E-state index is -0.535. The molecule has 1 N–H and O–H groups in total. The molecule has 0 spiro atoms. The predicted octanol–water partition coefficient (Wildman–Crippen LogP) is 2.84. The summed E-state index contributed by atoms with van der Waals surface area (Å²) in [5.41, 5.74) is 0.124. The van der Waals surface area contributed by atoms with Gasteiger partial charge in [0.1, 0.15) is 5.82 Å². The molecule has 1 saturated heterocycles. The van der Waals surface area contributed by atoms with E-state index in [0.29, 0.717) is 17.6 Å². The Balaban J connectivity index is 1.77. The number of halogens is 2. The number of nitrogens with zero attached hydrogens (tertiary/aromatic N) is 1. The average molecular weight is 297 g/mol. The lowest BCUT2D eigenvalue weighted by Crippen LogP contribution is -2.42. The third-order valence-corrected chi connectivity index (χ3v) is 4.22. The molecule has 1 amide bonds. The van der Waals surface area contributed by atoms with Crippen LogP contribution in [-0.2, 0) is 0 Å². The summed E-state index contributed by atoms with van der Waals surface area (Å²) in [5, 5.41) is 3.71. The fraction of sp³-hybridized carbons (Fsp3) is 0.533. The molecule has 1 aromatic rings. The number of rotatable bonds is 4. The van der Waals surface area contributed by atoms with E-state index in [2.05, 4.69) is 5.32 Å². The third-order valence-electron chi connectivity index (χ3n) is 3.99. The molecule has 3 nitrogen and oxygen atoms in total. The molecule has 2 fully saturated rings. The van der Waals surface area contributed by atoms with Gasteiger partial charge in [-0.05, 0) is 50.4 Å². The van der Waals surface area contributed by atoms with Gasteiger partial charge in [-0.2, -0.15) is 0 Å². The smallest absolute Gasteiger partial charge is 0.257 e. The summed E-state index contributed by atoms with van der Waals surface area (Å²) in [5.74, 6) is -0.747. The van der Waals surface area contributed by atoms with E-state index < -0.39 is 5.82 Å². The van der Waals surface area contributed by atoms with E-state index in [0.717, 1.165) is 32.2 Å². The van der Waals surface area contributed by atoms with Gasteiger partial charge in [0, 0.05) is 23.7 Å². The average Bonchev–Trinajstić information content (AvgIpc) is 3.12. The van der Waals surface area contributed by atoms with Crippen molar-refractivity contribution in [3.05, 3.63) is 34.6 Å². The fourth-order valence-corrected chi connectivity index (χ4v) is 2.91. The third kappa shape index (κ3) is 2.96. The molecule has 1 unspecified atom stereocenters. The van der Waals surface area contributed by atoms with Gasteiger partial charge in [0.2, 0.25) is 0 Å². The molecule has 108 valence electrons. The monoisotopic (exact) mass is 296 g/mol. The molecule has 0 aromatic heterocycles. The molecule has 1 aromatic carbocycles. The first kappa shape index (κ1) is 13.8. The van der Waals surface area contributed by atoms with E-state index >= 15 is 0 Å². The van der Waals surface area contributed by atoms with Crippen molar-refractivity contribution in [3.63, 3.8) is 0 Å². The van der Waals surface area contributed by atoms with Crippen LogP contribution in [0.15, 0.2) is 18.2 Å². The first-order valence-corrected chi connectivity index (χ1v) is 7.52. The van der Waals surface area contributed by atoms with E-state index in [1.807, 2.05) is 4.90 Å². The highest BCUT2D eigenvalue weighted by Crippen LogP contribution is 2.30. The summed E-state index contributed by atoms with van der Waals surface area (Å²) in [4.78, 5) is 14.4. The van der Waals surface area contributed by atoms with Crippen LogP contribution in [0.4, 0.5) is 4.39 Å². The standard InChI is InChI=1S/C15H18ClFN2O/c16-10-3-6-13(14(17)8-10)15(20)19(12-4-5-12)9-11-2-1-7-18-11/h3,6,8,11-12,18H,1-2,4-5,7,9H2. The minimum absolute atomic E-state index is 0.124. The zero-order valence-corrected chi connectivity index (χ0v) is 12.0. The summed E-state index contributed by atoms with van der Waals surface area (Å²) in [6, 6.07) is 4.87. The van der Waals surface area contributed by atoms with Gasteiger partial charge in [-0.1, -0.05) is 11.6 Å². The van der Waals surface area contributed by atoms with Crippen molar-refractivity contribution in [2.75, 3.05) is 13.1 Å². The second-order valence-electron chi connectivity index (χ2n) is 5.61. The molecule has 1 aliphatic heterocycles. The summed E-state index contributed by atoms with van der Waals surface area (Å²) in [6.45, 7) is 1.68. The van der Waals surface area contributed by atoms with Crippen molar-refractivity contribution in [3.8, 4) is 0 Å². The SMILES string of the molecule is O=C(c1ccc(Cl)cc1F)N(CC1CCCN1)C1CC1. The molecule has 1 atom stereocenters. The van der Waals surface area contributed by atoms with Crippen LogP contribution in [0.3, 0.4) is 0 Å². The molecule has 1 aliphatic carbocycles. The molecular formula is C15H18ClFN2O. The van der Waals surface area contributed by atoms with Crippen molar-refractivity contribution >= 4 is 17.5 Å². The molecule has 0 radical (unpaired) electrons. The van der Waals surface area contributed by atoms with Gasteiger partial charge >= 0.3 is 0 Å².